The van der Waals surface area contributed by atoms with Crippen LogP contribution in [0.3, 0.4) is 0 Å². The highest BCUT2D eigenvalue weighted by Gasteiger charge is 2.36. The summed E-state index contributed by atoms with van der Waals surface area (Å²) in [6.45, 7) is 5.38. The first-order valence-corrected chi connectivity index (χ1v) is 7.12. The van der Waals surface area contributed by atoms with Crippen LogP contribution in [0.5, 0.6) is 0 Å². The van der Waals surface area contributed by atoms with Crippen LogP contribution in [-0.4, -0.2) is 24.5 Å². The molecule has 0 spiro atoms. The predicted octanol–water partition coefficient (Wildman–Crippen LogP) is 3.05. The second-order valence-corrected chi connectivity index (χ2v) is 5.91. The van der Waals surface area contributed by atoms with E-state index in [4.69, 9.17) is 5.73 Å². The number of nitrogens with zero attached hydrogens (tertiary/aromatic N) is 1. The van der Waals surface area contributed by atoms with Gasteiger partial charge in [0.25, 0.3) is 0 Å². The smallest absolute Gasteiger partial charge is 0.0371 e. The summed E-state index contributed by atoms with van der Waals surface area (Å²) in [5.41, 5.74) is 7.40. The molecule has 2 N–H and O–H groups in total. The van der Waals surface area contributed by atoms with Gasteiger partial charge in [0.2, 0.25) is 0 Å². The second kappa shape index (κ2) is 5.85. The van der Waals surface area contributed by atoms with Crippen molar-refractivity contribution in [3.8, 4) is 0 Å². The van der Waals surface area contributed by atoms with Crippen LogP contribution in [-0.2, 0) is 0 Å². The third-order valence-corrected chi connectivity index (χ3v) is 4.14. The van der Waals surface area contributed by atoms with Gasteiger partial charge in [0.15, 0.2) is 0 Å². The maximum atomic E-state index is 5.99. The van der Waals surface area contributed by atoms with Crippen molar-refractivity contribution in [2.24, 2.45) is 17.6 Å². The van der Waals surface area contributed by atoms with Gasteiger partial charge in [-0.2, -0.15) is 0 Å². The largest absolute Gasteiger partial charge is 0.329 e. The van der Waals surface area contributed by atoms with Gasteiger partial charge in [0.05, 0.1) is 0 Å². The minimum Gasteiger partial charge on any atom is -0.329 e. The van der Waals surface area contributed by atoms with Crippen molar-refractivity contribution >= 4 is 0 Å². The molecule has 0 radical (unpaired) electrons. The van der Waals surface area contributed by atoms with E-state index in [2.05, 4.69) is 56.1 Å². The summed E-state index contributed by atoms with van der Waals surface area (Å²) < 4.78 is 0. The Morgan fingerprint density at radius 2 is 1.83 bits per heavy atom. The summed E-state index contributed by atoms with van der Waals surface area (Å²) in [6, 6.07) is 11.8. The lowest BCUT2D eigenvalue weighted by molar-refractivity contribution is 0.125. The van der Waals surface area contributed by atoms with Crippen molar-refractivity contribution in [3.63, 3.8) is 0 Å². The van der Waals surface area contributed by atoms with Crippen molar-refractivity contribution in [2.75, 3.05) is 13.6 Å². The van der Waals surface area contributed by atoms with Gasteiger partial charge in [0.1, 0.15) is 0 Å². The van der Waals surface area contributed by atoms with E-state index >= 15 is 0 Å². The van der Waals surface area contributed by atoms with Gasteiger partial charge in [0, 0.05) is 18.6 Å². The molecule has 100 valence electrons. The van der Waals surface area contributed by atoms with Crippen molar-refractivity contribution < 1.29 is 0 Å². The molecule has 18 heavy (non-hydrogen) atoms. The molecule has 1 aromatic rings. The number of likely N-dealkylation sites (N-methyl/N-ethyl adjacent to an activating group) is 1. The highest BCUT2D eigenvalue weighted by atomic mass is 15.2. The highest BCUT2D eigenvalue weighted by molar-refractivity contribution is 5.20. The van der Waals surface area contributed by atoms with Crippen molar-refractivity contribution in [3.05, 3.63) is 35.9 Å². The summed E-state index contributed by atoms with van der Waals surface area (Å²) in [4.78, 5) is 2.51. The molecule has 1 saturated carbocycles. The zero-order valence-corrected chi connectivity index (χ0v) is 11.8. The maximum Gasteiger partial charge on any atom is 0.0371 e. The highest BCUT2D eigenvalue weighted by Crippen LogP contribution is 2.39. The van der Waals surface area contributed by atoms with Crippen LogP contribution in [0.4, 0.5) is 0 Å². The summed E-state index contributed by atoms with van der Waals surface area (Å²) in [5, 5.41) is 0. The molecule has 0 amide bonds. The summed E-state index contributed by atoms with van der Waals surface area (Å²) in [7, 11) is 2.24. The van der Waals surface area contributed by atoms with Crippen LogP contribution < -0.4 is 5.73 Å². The number of hydrogen-bond acceptors (Lipinski definition) is 2. The quantitative estimate of drug-likeness (QED) is 0.836. The molecule has 1 aliphatic carbocycles. The van der Waals surface area contributed by atoms with Gasteiger partial charge in [-0.3, -0.25) is 4.90 Å². The number of nitrogens with two attached hydrogens (primary N) is 1. The standard InChI is InChI=1S/C16H26N2/c1-12(2)16(14-7-5-4-6-8-14)18(3)15(11-17)13-9-10-13/h4-8,12-13,15-16H,9-11,17H2,1-3H3. The van der Waals surface area contributed by atoms with Gasteiger partial charge in [-0.1, -0.05) is 44.2 Å². The van der Waals surface area contributed by atoms with Crippen LogP contribution in [0.2, 0.25) is 0 Å². The molecule has 0 aliphatic heterocycles. The Hall–Kier alpha value is -0.860. The minimum absolute atomic E-state index is 0.473. The fourth-order valence-corrected chi connectivity index (χ4v) is 3.12. The first-order chi connectivity index (χ1) is 8.65. The molecule has 2 rings (SSSR count). The molecule has 0 saturated heterocycles. The monoisotopic (exact) mass is 246 g/mol. The summed E-state index contributed by atoms with van der Waals surface area (Å²) >= 11 is 0. The Bertz CT molecular complexity index is 357. The Morgan fingerprint density at radius 1 is 1.22 bits per heavy atom. The Morgan fingerprint density at radius 3 is 2.28 bits per heavy atom. The Balaban J connectivity index is 2.19. The fraction of sp³-hybridized carbons (Fsp3) is 0.625. The summed E-state index contributed by atoms with van der Waals surface area (Å²) in [6.07, 6.45) is 2.71. The van der Waals surface area contributed by atoms with E-state index in [0.717, 1.165) is 12.5 Å². The lowest BCUT2D eigenvalue weighted by atomic mass is 9.93. The van der Waals surface area contributed by atoms with E-state index < -0.39 is 0 Å². The van der Waals surface area contributed by atoms with E-state index in [9.17, 15) is 0 Å². The van der Waals surface area contributed by atoms with E-state index in [1.165, 1.54) is 18.4 Å². The second-order valence-electron chi connectivity index (χ2n) is 5.91. The van der Waals surface area contributed by atoms with E-state index in [1.807, 2.05) is 0 Å². The van der Waals surface area contributed by atoms with Crippen LogP contribution in [0.15, 0.2) is 30.3 Å². The van der Waals surface area contributed by atoms with E-state index in [0.29, 0.717) is 18.0 Å². The van der Waals surface area contributed by atoms with Crippen LogP contribution in [0, 0.1) is 11.8 Å². The SMILES string of the molecule is CC(C)C(c1ccccc1)N(C)C(CN)C1CC1. The average Bonchev–Trinajstić information content (AvgIpc) is 3.15. The molecule has 2 heteroatoms. The first kappa shape index (κ1) is 13.6. The third kappa shape index (κ3) is 2.93. The minimum atomic E-state index is 0.473. The molecule has 2 atom stereocenters. The molecule has 0 aromatic heterocycles. The molecule has 2 nitrogen and oxygen atoms in total. The summed E-state index contributed by atoms with van der Waals surface area (Å²) in [5.74, 6) is 1.43. The van der Waals surface area contributed by atoms with Crippen molar-refractivity contribution in [1.29, 1.82) is 0 Å². The topological polar surface area (TPSA) is 29.3 Å². The normalized spacial score (nSPS) is 19.2. The number of hydrogen-bond donors (Lipinski definition) is 1. The van der Waals surface area contributed by atoms with Gasteiger partial charge in [-0.25, -0.2) is 0 Å². The zero-order valence-electron chi connectivity index (χ0n) is 11.8. The van der Waals surface area contributed by atoms with Crippen LogP contribution in [0.25, 0.3) is 0 Å². The van der Waals surface area contributed by atoms with E-state index in [1.54, 1.807) is 0 Å². The van der Waals surface area contributed by atoms with Gasteiger partial charge in [-0.05, 0) is 37.3 Å². The molecule has 1 aromatic carbocycles. The first-order valence-electron chi connectivity index (χ1n) is 7.12. The third-order valence-electron chi connectivity index (χ3n) is 4.14. The van der Waals surface area contributed by atoms with Crippen LogP contribution >= 0.6 is 0 Å². The molecule has 2 unspecified atom stereocenters. The van der Waals surface area contributed by atoms with Crippen LogP contribution in [0.1, 0.15) is 38.3 Å². The predicted molar refractivity (Wildman–Crippen MR) is 77.4 cm³/mol. The van der Waals surface area contributed by atoms with Gasteiger partial charge in [-0.15, -0.1) is 0 Å². The Kier molecular flexibility index (Phi) is 4.41. The molecular weight excluding hydrogens is 220 g/mol. The molecule has 1 fully saturated rings. The molecular formula is C16H26N2. The number of rotatable bonds is 6. The number of benzene rings is 1. The van der Waals surface area contributed by atoms with Gasteiger partial charge < -0.3 is 5.73 Å². The Labute approximate surface area is 111 Å². The maximum absolute atomic E-state index is 5.99. The average molecular weight is 246 g/mol. The molecule has 0 bridgehead atoms. The lowest BCUT2D eigenvalue weighted by Crippen LogP contribution is -2.43. The van der Waals surface area contributed by atoms with Gasteiger partial charge >= 0.3 is 0 Å². The van der Waals surface area contributed by atoms with Crippen molar-refractivity contribution in [2.45, 2.75) is 38.8 Å². The molecule has 1 aliphatic rings. The zero-order chi connectivity index (χ0) is 13.1. The fourth-order valence-electron chi connectivity index (χ4n) is 3.12. The lowest BCUT2D eigenvalue weighted by Gasteiger charge is -2.37. The van der Waals surface area contributed by atoms with Crippen molar-refractivity contribution in [1.82, 2.24) is 4.90 Å². The molecule has 0 heterocycles. The van der Waals surface area contributed by atoms with E-state index in [-0.39, 0.29) is 0 Å².